The second kappa shape index (κ2) is 6.52. The summed E-state index contributed by atoms with van der Waals surface area (Å²) in [5, 5.41) is 0. The zero-order valence-electron chi connectivity index (χ0n) is 13.9. The van der Waals surface area contributed by atoms with Gasteiger partial charge in [0, 0.05) is 50.0 Å². The Labute approximate surface area is 139 Å². The molecule has 0 aliphatic carbocycles. The van der Waals surface area contributed by atoms with E-state index in [0.717, 1.165) is 38.3 Å². The van der Waals surface area contributed by atoms with Crippen LogP contribution in [-0.4, -0.2) is 61.0 Å². The maximum Gasteiger partial charge on any atom is 0.253 e. The quantitative estimate of drug-likeness (QED) is 0.840. The van der Waals surface area contributed by atoms with Crippen molar-refractivity contribution in [2.24, 2.45) is 0 Å². The van der Waals surface area contributed by atoms with E-state index in [1.165, 1.54) is 44.3 Å². The molecule has 0 unspecified atom stereocenters. The smallest absolute Gasteiger partial charge is 0.253 e. The topological polar surface area (TPSA) is 26.8 Å². The minimum Gasteiger partial charge on any atom is -0.372 e. The van der Waals surface area contributed by atoms with Gasteiger partial charge in [0.15, 0.2) is 0 Å². The van der Waals surface area contributed by atoms with Crippen LogP contribution in [0.1, 0.15) is 42.5 Å². The fourth-order valence-electron chi connectivity index (χ4n) is 4.33. The van der Waals surface area contributed by atoms with Gasteiger partial charge in [0.2, 0.25) is 0 Å². The number of hydrogen-bond acceptors (Lipinski definition) is 3. The van der Waals surface area contributed by atoms with Crippen LogP contribution in [0.3, 0.4) is 0 Å². The fraction of sp³-hybridized carbons (Fsp3) is 0.632. The molecule has 23 heavy (non-hydrogen) atoms. The highest BCUT2D eigenvalue weighted by molar-refractivity contribution is 5.94. The molecule has 4 rings (SSSR count). The third kappa shape index (κ3) is 3.09. The Morgan fingerprint density at radius 3 is 2.43 bits per heavy atom. The number of fused-ring (bicyclic) bond motifs is 1. The first-order valence-corrected chi connectivity index (χ1v) is 9.19. The van der Waals surface area contributed by atoms with E-state index in [4.69, 9.17) is 0 Å². The van der Waals surface area contributed by atoms with Crippen LogP contribution >= 0.6 is 0 Å². The van der Waals surface area contributed by atoms with E-state index < -0.39 is 0 Å². The van der Waals surface area contributed by atoms with Crippen LogP contribution in [0.5, 0.6) is 0 Å². The summed E-state index contributed by atoms with van der Waals surface area (Å²) < 4.78 is 0. The van der Waals surface area contributed by atoms with Gasteiger partial charge in [-0.1, -0.05) is 0 Å². The molecule has 0 spiro atoms. The molecule has 3 aliphatic heterocycles. The molecule has 0 radical (unpaired) electrons. The van der Waals surface area contributed by atoms with Crippen LogP contribution in [-0.2, 0) is 0 Å². The summed E-state index contributed by atoms with van der Waals surface area (Å²) in [6, 6.07) is 8.90. The number of hydrogen-bond donors (Lipinski definition) is 0. The van der Waals surface area contributed by atoms with Crippen molar-refractivity contribution in [3.8, 4) is 0 Å². The lowest BCUT2D eigenvalue weighted by Crippen LogP contribution is -2.52. The van der Waals surface area contributed by atoms with Gasteiger partial charge in [-0.15, -0.1) is 0 Å². The number of rotatable bonds is 2. The summed E-state index contributed by atoms with van der Waals surface area (Å²) in [4.78, 5) is 19.8. The van der Waals surface area contributed by atoms with Crippen molar-refractivity contribution in [1.29, 1.82) is 0 Å². The average molecular weight is 313 g/mol. The van der Waals surface area contributed by atoms with Crippen LogP contribution < -0.4 is 4.90 Å². The van der Waals surface area contributed by atoms with Gasteiger partial charge in [-0.3, -0.25) is 9.69 Å². The third-order valence-corrected chi connectivity index (χ3v) is 5.71. The minimum atomic E-state index is 0.210. The summed E-state index contributed by atoms with van der Waals surface area (Å²) in [6.45, 7) is 6.35. The standard InChI is InChI=1S/C19H27N3O/c23-19(22-14-13-21-12-4-5-18(21)15-22)16-6-8-17(9-7-16)20-10-2-1-3-11-20/h6-9,18H,1-5,10-15H2/t18-/m0/s1. The van der Waals surface area contributed by atoms with Gasteiger partial charge < -0.3 is 9.80 Å². The predicted octanol–water partition coefficient (Wildman–Crippen LogP) is 2.60. The molecule has 1 atom stereocenters. The third-order valence-electron chi connectivity index (χ3n) is 5.71. The van der Waals surface area contributed by atoms with E-state index in [1.54, 1.807) is 0 Å². The number of amides is 1. The predicted molar refractivity (Wildman–Crippen MR) is 93.0 cm³/mol. The number of anilines is 1. The van der Waals surface area contributed by atoms with E-state index in [1.807, 2.05) is 12.1 Å². The Balaban J connectivity index is 1.42. The first kappa shape index (κ1) is 15.0. The lowest BCUT2D eigenvalue weighted by molar-refractivity contribution is 0.0571. The number of piperazine rings is 1. The maximum absolute atomic E-state index is 12.8. The molecule has 3 heterocycles. The lowest BCUT2D eigenvalue weighted by Gasteiger charge is -2.37. The molecule has 0 aromatic heterocycles. The van der Waals surface area contributed by atoms with E-state index >= 15 is 0 Å². The Hall–Kier alpha value is -1.55. The Bertz CT molecular complexity index is 550. The van der Waals surface area contributed by atoms with Crippen molar-refractivity contribution in [1.82, 2.24) is 9.80 Å². The summed E-state index contributed by atoms with van der Waals surface area (Å²) in [6.07, 6.45) is 6.45. The second-order valence-electron chi connectivity index (χ2n) is 7.18. The average Bonchev–Trinajstić information content (AvgIpc) is 3.10. The molecule has 4 nitrogen and oxygen atoms in total. The summed E-state index contributed by atoms with van der Waals surface area (Å²) in [5.41, 5.74) is 2.11. The van der Waals surface area contributed by atoms with Crippen LogP contribution in [0.15, 0.2) is 24.3 Å². The largest absolute Gasteiger partial charge is 0.372 e. The van der Waals surface area contributed by atoms with Gasteiger partial charge in [0.1, 0.15) is 0 Å². The first-order chi connectivity index (χ1) is 11.3. The number of carbonyl (C=O) groups is 1. The zero-order valence-corrected chi connectivity index (χ0v) is 13.9. The highest BCUT2D eigenvalue weighted by Crippen LogP contribution is 2.24. The highest BCUT2D eigenvalue weighted by atomic mass is 16.2. The van der Waals surface area contributed by atoms with Crippen LogP contribution in [0, 0.1) is 0 Å². The molecule has 1 aromatic rings. The monoisotopic (exact) mass is 313 g/mol. The molecule has 124 valence electrons. The summed E-state index contributed by atoms with van der Waals surface area (Å²) >= 11 is 0. The molecule has 3 fully saturated rings. The fourth-order valence-corrected chi connectivity index (χ4v) is 4.33. The minimum absolute atomic E-state index is 0.210. The van der Waals surface area contributed by atoms with Crippen molar-refractivity contribution in [2.75, 3.05) is 44.2 Å². The number of benzene rings is 1. The molecule has 0 N–H and O–H groups in total. The summed E-state index contributed by atoms with van der Waals surface area (Å²) in [5.74, 6) is 0.210. The second-order valence-corrected chi connectivity index (χ2v) is 7.18. The van der Waals surface area contributed by atoms with Gasteiger partial charge in [0.05, 0.1) is 0 Å². The molecule has 0 bridgehead atoms. The Morgan fingerprint density at radius 2 is 1.65 bits per heavy atom. The lowest BCUT2D eigenvalue weighted by atomic mass is 10.1. The van der Waals surface area contributed by atoms with E-state index in [-0.39, 0.29) is 5.91 Å². The molecule has 3 aliphatic rings. The van der Waals surface area contributed by atoms with Gasteiger partial charge in [-0.05, 0) is 62.9 Å². The van der Waals surface area contributed by atoms with Crippen molar-refractivity contribution in [3.05, 3.63) is 29.8 Å². The SMILES string of the molecule is O=C(c1ccc(N2CCCCC2)cc1)N1CCN2CCC[C@H]2C1. The highest BCUT2D eigenvalue weighted by Gasteiger charge is 2.32. The molecule has 4 heteroatoms. The molecular formula is C19H27N3O. The number of carbonyl (C=O) groups excluding carboxylic acids is 1. The number of piperidine rings is 1. The Morgan fingerprint density at radius 1 is 0.870 bits per heavy atom. The number of nitrogens with zero attached hydrogens (tertiary/aromatic N) is 3. The van der Waals surface area contributed by atoms with Crippen molar-refractivity contribution < 1.29 is 4.79 Å². The van der Waals surface area contributed by atoms with Crippen molar-refractivity contribution in [2.45, 2.75) is 38.1 Å². The molecule has 0 saturated carbocycles. The van der Waals surface area contributed by atoms with Crippen LogP contribution in [0.2, 0.25) is 0 Å². The van der Waals surface area contributed by atoms with Gasteiger partial charge in [0.25, 0.3) is 5.91 Å². The van der Waals surface area contributed by atoms with E-state index in [9.17, 15) is 4.79 Å². The molecular weight excluding hydrogens is 286 g/mol. The van der Waals surface area contributed by atoms with E-state index in [2.05, 4.69) is 26.8 Å². The first-order valence-electron chi connectivity index (χ1n) is 9.19. The van der Waals surface area contributed by atoms with Gasteiger partial charge in [-0.2, -0.15) is 0 Å². The zero-order chi connectivity index (χ0) is 15.6. The van der Waals surface area contributed by atoms with Gasteiger partial charge in [-0.25, -0.2) is 0 Å². The molecule has 3 saturated heterocycles. The van der Waals surface area contributed by atoms with Crippen LogP contribution in [0.4, 0.5) is 5.69 Å². The maximum atomic E-state index is 12.8. The normalized spacial score (nSPS) is 25.5. The van der Waals surface area contributed by atoms with Crippen molar-refractivity contribution >= 4 is 11.6 Å². The molecule has 1 amide bonds. The Kier molecular flexibility index (Phi) is 4.25. The van der Waals surface area contributed by atoms with E-state index in [0.29, 0.717) is 6.04 Å². The van der Waals surface area contributed by atoms with Crippen LogP contribution in [0.25, 0.3) is 0 Å². The molecule has 1 aromatic carbocycles. The summed E-state index contributed by atoms with van der Waals surface area (Å²) in [7, 11) is 0. The van der Waals surface area contributed by atoms with Gasteiger partial charge >= 0.3 is 0 Å². The van der Waals surface area contributed by atoms with Crippen molar-refractivity contribution in [3.63, 3.8) is 0 Å².